The van der Waals surface area contributed by atoms with Crippen LogP contribution in [-0.4, -0.2) is 54.0 Å². The molecule has 1 amide bonds. The van der Waals surface area contributed by atoms with Crippen molar-refractivity contribution in [2.24, 2.45) is 5.92 Å². The zero-order valence-corrected chi connectivity index (χ0v) is 22.7. The molecule has 0 aromatic carbocycles. The topological polar surface area (TPSA) is 86.4 Å². The maximum absolute atomic E-state index is 12.3. The number of esters is 1. The SMILES string of the molecule is CC(/C=C/[C@@H]1C[C@]2(CO2)CC(C)(C)O1)=C\CC1CCC(NC(=O)/C=C\[C@H](C)OC(=O)C2CC=CO2)CC1. The Morgan fingerprint density at radius 1 is 1.19 bits per heavy atom. The average molecular weight is 514 g/mol. The summed E-state index contributed by atoms with van der Waals surface area (Å²) in [6.45, 7) is 9.05. The quantitative estimate of drug-likeness (QED) is 0.200. The van der Waals surface area contributed by atoms with E-state index < -0.39 is 18.2 Å². The normalized spacial score (nSPS) is 34.0. The van der Waals surface area contributed by atoms with E-state index in [0.717, 1.165) is 51.6 Å². The third-order valence-corrected chi connectivity index (χ3v) is 7.66. The molecule has 0 radical (unpaired) electrons. The molecule has 1 saturated carbocycles. The van der Waals surface area contributed by atoms with Crippen LogP contribution in [0.5, 0.6) is 0 Å². The van der Waals surface area contributed by atoms with Crippen LogP contribution < -0.4 is 5.32 Å². The number of amides is 1. The molecule has 1 N–H and O–H groups in total. The Morgan fingerprint density at radius 2 is 1.95 bits per heavy atom. The van der Waals surface area contributed by atoms with Crippen LogP contribution in [0.4, 0.5) is 0 Å². The van der Waals surface area contributed by atoms with Gasteiger partial charge in [0.05, 0.1) is 30.2 Å². The fraction of sp³-hybridized carbons (Fsp3) is 0.667. The highest BCUT2D eigenvalue weighted by atomic mass is 16.6. The van der Waals surface area contributed by atoms with Crippen LogP contribution in [-0.2, 0) is 28.5 Å². The molecule has 2 saturated heterocycles. The predicted octanol–water partition coefficient (Wildman–Crippen LogP) is 5.07. The lowest BCUT2D eigenvalue weighted by atomic mass is 9.83. The first kappa shape index (κ1) is 27.6. The standard InChI is InChI=1S/C30H43NO6/c1-21(8-15-25-18-30(20-35-30)19-29(3,4)37-25)7-10-23-11-13-24(14-12-23)31-27(32)16-9-22(2)36-28(33)26-6-5-17-34-26/h5,7-9,15-17,22-26H,6,10-14,18-20H2,1-4H3,(H,31,32)/b15-8+,16-9-,21-7+/t22-,23?,24?,25+,26?,30+/m0/s1. The zero-order valence-electron chi connectivity index (χ0n) is 22.7. The third kappa shape index (κ3) is 8.57. The van der Waals surface area contributed by atoms with E-state index in [-0.39, 0.29) is 29.3 Å². The lowest BCUT2D eigenvalue weighted by molar-refractivity contribution is -0.155. The molecule has 3 aliphatic heterocycles. The molecule has 0 aromatic heterocycles. The highest BCUT2D eigenvalue weighted by Gasteiger charge is 2.53. The summed E-state index contributed by atoms with van der Waals surface area (Å²) >= 11 is 0. The van der Waals surface area contributed by atoms with Gasteiger partial charge in [0.15, 0.2) is 6.10 Å². The Labute approximate surface area is 221 Å². The van der Waals surface area contributed by atoms with Gasteiger partial charge in [0, 0.05) is 31.4 Å². The van der Waals surface area contributed by atoms with Gasteiger partial charge in [-0.25, -0.2) is 4.79 Å². The van der Waals surface area contributed by atoms with Crippen LogP contribution >= 0.6 is 0 Å². The van der Waals surface area contributed by atoms with Gasteiger partial charge in [0.25, 0.3) is 0 Å². The molecule has 4 atom stereocenters. The van der Waals surface area contributed by atoms with E-state index in [1.54, 1.807) is 19.1 Å². The van der Waals surface area contributed by atoms with Gasteiger partial charge in [-0.05, 0) is 77.9 Å². The lowest BCUT2D eigenvalue weighted by Crippen LogP contribution is -2.43. The van der Waals surface area contributed by atoms with E-state index in [1.165, 1.54) is 17.9 Å². The van der Waals surface area contributed by atoms with Gasteiger partial charge in [-0.3, -0.25) is 4.79 Å². The van der Waals surface area contributed by atoms with Crippen molar-refractivity contribution in [2.45, 2.75) is 115 Å². The molecular weight excluding hydrogens is 470 g/mol. The Kier molecular flexibility index (Phi) is 8.96. The second kappa shape index (κ2) is 12.0. The number of epoxide rings is 1. The fourth-order valence-electron chi connectivity index (χ4n) is 5.67. The van der Waals surface area contributed by atoms with Crippen LogP contribution in [0.15, 0.2) is 48.3 Å². The van der Waals surface area contributed by atoms with Gasteiger partial charge in [-0.2, -0.15) is 0 Å². The van der Waals surface area contributed by atoms with Gasteiger partial charge >= 0.3 is 5.97 Å². The molecule has 1 spiro atoms. The average Bonchev–Trinajstić information content (AvgIpc) is 3.33. The summed E-state index contributed by atoms with van der Waals surface area (Å²) < 4.78 is 22.5. The van der Waals surface area contributed by atoms with Crippen LogP contribution in [0, 0.1) is 5.92 Å². The van der Waals surface area contributed by atoms with Crippen molar-refractivity contribution in [1.82, 2.24) is 5.32 Å². The summed E-state index contributed by atoms with van der Waals surface area (Å²) in [4.78, 5) is 24.3. The summed E-state index contributed by atoms with van der Waals surface area (Å²) in [5.41, 5.74) is 1.17. The van der Waals surface area contributed by atoms with E-state index in [0.29, 0.717) is 12.3 Å². The van der Waals surface area contributed by atoms with Crippen LogP contribution in [0.1, 0.15) is 79.1 Å². The summed E-state index contributed by atoms with van der Waals surface area (Å²) in [5.74, 6) is 0.0949. The van der Waals surface area contributed by atoms with Crippen LogP contribution in [0.3, 0.4) is 0 Å². The van der Waals surface area contributed by atoms with Gasteiger partial charge in [0.2, 0.25) is 5.91 Å². The molecule has 7 heteroatoms. The number of hydrogen-bond donors (Lipinski definition) is 1. The predicted molar refractivity (Wildman–Crippen MR) is 142 cm³/mol. The molecule has 3 fully saturated rings. The van der Waals surface area contributed by atoms with Gasteiger partial charge in [-0.1, -0.05) is 23.8 Å². The smallest absolute Gasteiger partial charge is 0.348 e. The number of hydrogen-bond acceptors (Lipinski definition) is 6. The molecule has 0 bridgehead atoms. The minimum Gasteiger partial charge on any atom is -0.486 e. The molecular formula is C30H43NO6. The first-order valence-corrected chi connectivity index (χ1v) is 13.8. The van der Waals surface area contributed by atoms with Crippen molar-refractivity contribution in [3.05, 3.63) is 48.3 Å². The number of rotatable bonds is 9. The van der Waals surface area contributed by atoms with Gasteiger partial charge < -0.3 is 24.3 Å². The Hall–Kier alpha value is -2.38. The minimum absolute atomic E-state index is 0.0473. The first-order chi connectivity index (χ1) is 17.6. The Morgan fingerprint density at radius 3 is 2.62 bits per heavy atom. The summed E-state index contributed by atoms with van der Waals surface area (Å²) in [5, 5.41) is 3.09. The monoisotopic (exact) mass is 513 g/mol. The van der Waals surface area contributed by atoms with Crippen molar-refractivity contribution in [3.8, 4) is 0 Å². The van der Waals surface area contributed by atoms with Crippen LogP contribution in [0.25, 0.3) is 0 Å². The number of carbonyl (C=O) groups excluding carboxylic acids is 2. The fourth-order valence-corrected chi connectivity index (χ4v) is 5.67. The summed E-state index contributed by atoms with van der Waals surface area (Å²) in [7, 11) is 0. The Bertz CT molecular complexity index is 922. The molecule has 0 aromatic rings. The molecule has 1 unspecified atom stereocenters. The first-order valence-electron chi connectivity index (χ1n) is 13.8. The molecule has 1 aliphatic carbocycles. The van der Waals surface area contributed by atoms with Crippen molar-refractivity contribution >= 4 is 11.9 Å². The highest BCUT2D eigenvalue weighted by molar-refractivity contribution is 5.87. The largest absolute Gasteiger partial charge is 0.486 e. The lowest BCUT2D eigenvalue weighted by Gasteiger charge is -2.38. The van der Waals surface area contributed by atoms with Gasteiger partial charge in [0.1, 0.15) is 6.10 Å². The van der Waals surface area contributed by atoms with Crippen molar-refractivity contribution in [3.63, 3.8) is 0 Å². The van der Waals surface area contributed by atoms with Crippen LogP contribution in [0.2, 0.25) is 0 Å². The van der Waals surface area contributed by atoms with E-state index in [1.807, 2.05) is 0 Å². The van der Waals surface area contributed by atoms with Crippen molar-refractivity contribution in [1.29, 1.82) is 0 Å². The molecule has 7 nitrogen and oxygen atoms in total. The Balaban J connectivity index is 1.12. The summed E-state index contributed by atoms with van der Waals surface area (Å²) in [6, 6.07) is 0.193. The maximum atomic E-state index is 12.3. The molecule has 3 heterocycles. The number of carbonyl (C=O) groups is 2. The van der Waals surface area contributed by atoms with E-state index in [4.69, 9.17) is 18.9 Å². The number of ether oxygens (including phenoxy) is 4. The highest BCUT2D eigenvalue weighted by Crippen LogP contribution is 2.46. The second-order valence-electron chi connectivity index (χ2n) is 11.8. The molecule has 4 aliphatic rings. The second-order valence-corrected chi connectivity index (χ2v) is 11.8. The van der Waals surface area contributed by atoms with Gasteiger partial charge in [-0.15, -0.1) is 0 Å². The van der Waals surface area contributed by atoms with Crippen molar-refractivity contribution < 1.29 is 28.5 Å². The molecule has 204 valence electrons. The molecule has 4 rings (SSSR count). The maximum Gasteiger partial charge on any atom is 0.348 e. The minimum atomic E-state index is -0.571. The summed E-state index contributed by atoms with van der Waals surface area (Å²) in [6.07, 6.45) is 19.8. The van der Waals surface area contributed by atoms with E-state index in [9.17, 15) is 9.59 Å². The molecule has 37 heavy (non-hydrogen) atoms. The third-order valence-electron chi connectivity index (χ3n) is 7.66. The number of nitrogens with one attached hydrogen (secondary N) is 1. The van der Waals surface area contributed by atoms with Crippen molar-refractivity contribution in [2.75, 3.05) is 6.61 Å². The zero-order chi connectivity index (χ0) is 26.5. The van der Waals surface area contributed by atoms with E-state index >= 15 is 0 Å². The number of allylic oxidation sites excluding steroid dienone is 3. The van der Waals surface area contributed by atoms with E-state index in [2.05, 4.69) is 44.3 Å².